The molecule has 0 aliphatic heterocycles. The van der Waals surface area contributed by atoms with Gasteiger partial charge in [0, 0.05) is 16.7 Å². The van der Waals surface area contributed by atoms with E-state index in [-0.39, 0.29) is 5.28 Å². The molecule has 6 aromatic rings. The molecule has 4 heteroatoms. The number of aromatic nitrogens is 3. The Morgan fingerprint density at radius 2 is 1.09 bits per heavy atom. The fourth-order valence-corrected chi connectivity index (χ4v) is 4.60. The Bertz CT molecular complexity index is 1650. The molecule has 0 atom stereocenters. The maximum absolute atomic E-state index is 6.46. The number of fused-ring (bicyclic) bond motifs is 1. The molecule has 0 amide bonds. The van der Waals surface area contributed by atoms with E-state index >= 15 is 0 Å². The van der Waals surface area contributed by atoms with Crippen molar-refractivity contribution in [2.45, 2.75) is 0 Å². The van der Waals surface area contributed by atoms with Crippen LogP contribution in [0.5, 0.6) is 0 Å². The third-order valence-electron chi connectivity index (χ3n) is 6.07. The van der Waals surface area contributed by atoms with E-state index in [4.69, 9.17) is 16.6 Å². The minimum Gasteiger partial charge on any atom is -0.208 e. The molecule has 0 unspecified atom stereocenters. The van der Waals surface area contributed by atoms with Gasteiger partial charge in [0.05, 0.1) is 0 Å². The summed E-state index contributed by atoms with van der Waals surface area (Å²) in [4.78, 5) is 13.9. The van der Waals surface area contributed by atoms with Crippen LogP contribution in [0.1, 0.15) is 0 Å². The van der Waals surface area contributed by atoms with Gasteiger partial charge in [-0.2, -0.15) is 9.97 Å². The molecular weight excluding hydrogens is 450 g/mol. The number of hydrogen-bond acceptors (Lipinski definition) is 3. The Labute approximate surface area is 208 Å². The van der Waals surface area contributed by atoms with Crippen LogP contribution in [0.15, 0.2) is 121 Å². The van der Waals surface area contributed by atoms with E-state index in [1.807, 2.05) is 48.5 Å². The number of benzene rings is 5. The van der Waals surface area contributed by atoms with Gasteiger partial charge >= 0.3 is 0 Å². The van der Waals surface area contributed by atoms with Crippen LogP contribution in [0.2, 0.25) is 5.28 Å². The van der Waals surface area contributed by atoms with Crippen molar-refractivity contribution in [1.29, 1.82) is 0 Å². The van der Waals surface area contributed by atoms with Crippen molar-refractivity contribution in [2.75, 3.05) is 0 Å². The van der Waals surface area contributed by atoms with E-state index in [0.29, 0.717) is 11.6 Å². The Morgan fingerprint density at radius 3 is 1.89 bits per heavy atom. The molecule has 0 bridgehead atoms. The van der Waals surface area contributed by atoms with Crippen molar-refractivity contribution in [3.05, 3.63) is 127 Å². The average Bonchev–Trinajstić information content (AvgIpc) is 2.93. The van der Waals surface area contributed by atoms with Gasteiger partial charge in [0.15, 0.2) is 11.6 Å². The summed E-state index contributed by atoms with van der Waals surface area (Å²) in [5.41, 5.74) is 6.21. The Kier molecular flexibility index (Phi) is 5.53. The summed E-state index contributed by atoms with van der Waals surface area (Å²) in [7, 11) is 0. The van der Waals surface area contributed by atoms with Gasteiger partial charge in [-0.3, -0.25) is 0 Å². The van der Waals surface area contributed by atoms with Gasteiger partial charge in [-0.25, -0.2) is 4.98 Å². The molecule has 0 saturated heterocycles. The number of halogens is 1. The maximum Gasteiger partial charge on any atom is 0.226 e. The summed E-state index contributed by atoms with van der Waals surface area (Å²) >= 11 is 6.46. The zero-order valence-electron chi connectivity index (χ0n) is 18.8. The Balaban J connectivity index is 1.54. The van der Waals surface area contributed by atoms with Crippen LogP contribution in [0.3, 0.4) is 0 Å². The molecule has 166 valence electrons. The van der Waals surface area contributed by atoms with Gasteiger partial charge in [0.1, 0.15) is 0 Å². The molecular formula is C31H20ClN3. The van der Waals surface area contributed by atoms with E-state index in [0.717, 1.165) is 44.2 Å². The summed E-state index contributed by atoms with van der Waals surface area (Å²) in [6, 6.07) is 41.3. The smallest absolute Gasteiger partial charge is 0.208 e. The van der Waals surface area contributed by atoms with E-state index in [1.54, 1.807) is 0 Å². The zero-order valence-corrected chi connectivity index (χ0v) is 19.5. The monoisotopic (exact) mass is 469 g/mol. The summed E-state index contributed by atoms with van der Waals surface area (Å²) in [6.45, 7) is 0. The molecule has 0 aliphatic rings. The lowest BCUT2D eigenvalue weighted by Crippen LogP contribution is -1.99. The first-order valence-electron chi connectivity index (χ1n) is 11.4. The van der Waals surface area contributed by atoms with Crippen molar-refractivity contribution in [2.24, 2.45) is 0 Å². The largest absolute Gasteiger partial charge is 0.226 e. The summed E-state index contributed by atoms with van der Waals surface area (Å²) in [5, 5.41) is 2.47. The number of hydrogen-bond donors (Lipinski definition) is 0. The van der Waals surface area contributed by atoms with E-state index in [2.05, 4.69) is 82.8 Å². The van der Waals surface area contributed by atoms with Crippen molar-refractivity contribution >= 4 is 22.4 Å². The first-order valence-corrected chi connectivity index (χ1v) is 11.8. The lowest BCUT2D eigenvalue weighted by atomic mass is 9.93. The normalized spacial score (nSPS) is 11.0. The van der Waals surface area contributed by atoms with E-state index < -0.39 is 0 Å². The highest BCUT2D eigenvalue weighted by Gasteiger charge is 2.16. The third-order valence-corrected chi connectivity index (χ3v) is 6.24. The second kappa shape index (κ2) is 9.13. The zero-order chi connectivity index (χ0) is 23.6. The van der Waals surface area contributed by atoms with Gasteiger partial charge in [-0.15, -0.1) is 0 Å². The van der Waals surface area contributed by atoms with Crippen LogP contribution >= 0.6 is 11.6 Å². The van der Waals surface area contributed by atoms with E-state index in [1.165, 1.54) is 0 Å². The molecule has 3 nitrogen and oxygen atoms in total. The molecule has 35 heavy (non-hydrogen) atoms. The predicted octanol–water partition coefficient (Wildman–Crippen LogP) is 8.35. The topological polar surface area (TPSA) is 38.7 Å². The third kappa shape index (κ3) is 4.18. The fraction of sp³-hybridized carbons (Fsp3) is 0. The molecule has 0 saturated carbocycles. The molecule has 0 N–H and O–H groups in total. The first-order chi connectivity index (χ1) is 17.3. The molecule has 6 rings (SSSR count). The second-order valence-corrected chi connectivity index (χ2v) is 8.61. The minimum atomic E-state index is 0.169. The average molecular weight is 470 g/mol. The molecule has 0 radical (unpaired) electrons. The molecule has 0 spiro atoms. The van der Waals surface area contributed by atoms with Crippen LogP contribution in [-0.2, 0) is 0 Å². The Morgan fingerprint density at radius 1 is 0.457 bits per heavy atom. The second-order valence-electron chi connectivity index (χ2n) is 8.27. The van der Waals surface area contributed by atoms with Gasteiger partial charge < -0.3 is 0 Å². The Hall–Kier alpha value is -4.34. The van der Waals surface area contributed by atoms with Crippen LogP contribution in [-0.4, -0.2) is 15.0 Å². The van der Waals surface area contributed by atoms with Gasteiger partial charge in [0.25, 0.3) is 0 Å². The summed E-state index contributed by atoms with van der Waals surface area (Å²) in [5.74, 6) is 1.10. The molecule has 5 aromatic carbocycles. The SMILES string of the molecule is Clc1nc(-c2cccc(-c3ccccc3)c2)nc(-c2ccc3ccccc3c2-c2ccccc2)n1. The van der Waals surface area contributed by atoms with Crippen molar-refractivity contribution in [3.8, 4) is 45.0 Å². The van der Waals surface area contributed by atoms with Crippen LogP contribution in [0, 0.1) is 0 Å². The lowest BCUT2D eigenvalue weighted by Gasteiger charge is -2.14. The van der Waals surface area contributed by atoms with Gasteiger partial charge in [0.2, 0.25) is 5.28 Å². The van der Waals surface area contributed by atoms with Crippen molar-refractivity contribution in [3.63, 3.8) is 0 Å². The van der Waals surface area contributed by atoms with Gasteiger partial charge in [-0.05, 0) is 51.2 Å². The van der Waals surface area contributed by atoms with Gasteiger partial charge in [-0.1, -0.05) is 109 Å². The number of nitrogens with zero attached hydrogens (tertiary/aromatic N) is 3. The summed E-state index contributed by atoms with van der Waals surface area (Å²) in [6.07, 6.45) is 0. The quantitative estimate of drug-likeness (QED) is 0.260. The van der Waals surface area contributed by atoms with Crippen LogP contribution in [0.25, 0.3) is 55.8 Å². The predicted molar refractivity (Wildman–Crippen MR) is 144 cm³/mol. The highest BCUT2D eigenvalue weighted by atomic mass is 35.5. The van der Waals surface area contributed by atoms with E-state index in [9.17, 15) is 0 Å². The number of rotatable bonds is 4. The summed E-state index contributed by atoms with van der Waals surface area (Å²) < 4.78 is 0. The fourth-order valence-electron chi connectivity index (χ4n) is 4.44. The van der Waals surface area contributed by atoms with Crippen molar-refractivity contribution < 1.29 is 0 Å². The minimum absolute atomic E-state index is 0.169. The van der Waals surface area contributed by atoms with Crippen LogP contribution < -0.4 is 0 Å². The maximum atomic E-state index is 6.46. The highest BCUT2D eigenvalue weighted by molar-refractivity contribution is 6.28. The standard InChI is InChI=1S/C31H20ClN3/c32-31-34-29(25-16-9-15-24(20-25)21-10-3-1-4-11-21)33-30(35-31)27-19-18-22-12-7-8-17-26(22)28(27)23-13-5-2-6-14-23/h1-20H. The molecule has 1 heterocycles. The molecule has 0 aliphatic carbocycles. The van der Waals surface area contributed by atoms with Crippen molar-refractivity contribution in [1.82, 2.24) is 15.0 Å². The first kappa shape index (κ1) is 21.2. The lowest BCUT2D eigenvalue weighted by molar-refractivity contribution is 1.07. The highest BCUT2D eigenvalue weighted by Crippen LogP contribution is 2.37. The molecule has 0 fully saturated rings. The molecule has 1 aromatic heterocycles. The van der Waals surface area contributed by atoms with Crippen LogP contribution in [0.4, 0.5) is 0 Å².